The summed E-state index contributed by atoms with van der Waals surface area (Å²) in [6.07, 6.45) is 14.2. The molecule has 0 aromatic carbocycles. The number of rotatable bonds is 3. The molecule has 1 aliphatic carbocycles. The summed E-state index contributed by atoms with van der Waals surface area (Å²) in [6.45, 7) is 9.61. The third-order valence-corrected chi connectivity index (χ3v) is 8.94. The Morgan fingerprint density at radius 2 is 1.56 bits per heavy atom. The number of hydrogen-bond acceptors (Lipinski definition) is 3. The molecular weight excluding hydrogens is 438 g/mol. The van der Waals surface area contributed by atoms with Crippen molar-refractivity contribution < 1.29 is 0 Å². The molecular formula is C33H43N3. The van der Waals surface area contributed by atoms with Crippen molar-refractivity contribution in [2.75, 3.05) is 0 Å². The van der Waals surface area contributed by atoms with Crippen molar-refractivity contribution in [3.8, 4) is 11.4 Å². The SMILES string of the molecule is CC1CCCc2cccnc2-c2cc(ccn2)CCC(C)Cc2cc(CCC3C(C)C3C)cc(n2)C1. The van der Waals surface area contributed by atoms with Gasteiger partial charge in [-0.25, -0.2) is 0 Å². The van der Waals surface area contributed by atoms with Gasteiger partial charge in [0.25, 0.3) is 0 Å². The molecule has 1 fully saturated rings. The van der Waals surface area contributed by atoms with E-state index in [9.17, 15) is 0 Å². The van der Waals surface area contributed by atoms with Gasteiger partial charge in [-0.15, -0.1) is 0 Å². The molecule has 4 atom stereocenters. The van der Waals surface area contributed by atoms with Gasteiger partial charge in [-0.3, -0.25) is 15.0 Å². The maximum Gasteiger partial charge on any atom is 0.0918 e. The molecule has 1 aliphatic heterocycles. The van der Waals surface area contributed by atoms with Gasteiger partial charge in [0.15, 0.2) is 0 Å². The molecule has 0 spiro atoms. The quantitative estimate of drug-likeness (QED) is 0.385. The summed E-state index contributed by atoms with van der Waals surface area (Å²) >= 11 is 0. The minimum atomic E-state index is 0.596. The Kier molecular flexibility index (Phi) is 7.84. The van der Waals surface area contributed by atoms with Gasteiger partial charge in [0, 0.05) is 23.8 Å². The van der Waals surface area contributed by atoms with E-state index < -0.39 is 0 Å². The Hall–Kier alpha value is -2.55. The summed E-state index contributed by atoms with van der Waals surface area (Å²) in [7, 11) is 0. The topological polar surface area (TPSA) is 38.7 Å². The molecule has 3 heteroatoms. The Morgan fingerprint density at radius 1 is 0.806 bits per heavy atom. The molecule has 3 aromatic heterocycles. The van der Waals surface area contributed by atoms with Crippen LogP contribution in [0.15, 0.2) is 48.8 Å². The maximum absolute atomic E-state index is 5.20. The molecule has 1 saturated carbocycles. The van der Waals surface area contributed by atoms with Crippen molar-refractivity contribution in [3.63, 3.8) is 0 Å². The lowest BCUT2D eigenvalue weighted by atomic mass is 9.94. The van der Waals surface area contributed by atoms with Crippen LogP contribution in [-0.2, 0) is 32.1 Å². The Labute approximate surface area is 218 Å². The normalized spacial score (nSPS) is 26.6. The van der Waals surface area contributed by atoms with Gasteiger partial charge in [0.05, 0.1) is 11.4 Å². The molecule has 0 saturated heterocycles. The maximum atomic E-state index is 5.20. The van der Waals surface area contributed by atoms with Gasteiger partial charge < -0.3 is 0 Å². The number of nitrogens with zero attached hydrogens (tertiary/aromatic N) is 3. The lowest BCUT2D eigenvalue weighted by Gasteiger charge is -2.16. The van der Waals surface area contributed by atoms with E-state index in [1.54, 1.807) is 0 Å². The Morgan fingerprint density at radius 3 is 2.31 bits per heavy atom. The molecule has 4 unspecified atom stereocenters. The van der Waals surface area contributed by atoms with Gasteiger partial charge in [-0.1, -0.05) is 40.2 Å². The van der Waals surface area contributed by atoms with E-state index in [0.717, 1.165) is 61.2 Å². The molecule has 36 heavy (non-hydrogen) atoms. The lowest BCUT2D eigenvalue weighted by molar-refractivity contribution is 0.497. The highest BCUT2D eigenvalue weighted by atomic mass is 14.8. The first-order chi connectivity index (χ1) is 17.5. The predicted molar refractivity (Wildman–Crippen MR) is 149 cm³/mol. The average Bonchev–Trinajstić information content (AvgIpc) is 3.45. The van der Waals surface area contributed by atoms with Crippen LogP contribution in [-0.4, -0.2) is 15.0 Å². The standard InChI is InChI=1S/C33H43N3/c1-22-7-5-8-28-9-6-15-35-33(28)32-21-26(14-16-34-32)11-10-23(2)18-30-20-27(19-29(17-22)36-30)12-13-31-24(3)25(31)4/h6,9,14-16,19-25,31H,5,7-8,10-13,17-18H2,1-4H3. The summed E-state index contributed by atoms with van der Waals surface area (Å²) in [4.78, 5) is 14.6. The summed E-state index contributed by atoms with van der Waals surface area (Å²) in [6, 6.07) is 13.6. The molecule has 5 rings (SSSR count). The molecule has 3 aromatic rings. The second-order valence-electron chi connectivity index (χ2n) is 12.0. The van der Waals surface area contributed by atoms with Crippen LogP contribution in [0.4, 0.5) is 0 Å². The second-order valence-corrected chi connectivity index (χ2v) is 12.0. The van der Waals surface area contributed by atoms with Crippen molar-refractivity contribution >= 4 is 0 Å². The smallest absolute Gasteiger partial charge is 0.0918 e. The first kappa shape index (κ1) is 25.1. The first-order valence-corrected chi connectivity index (χ1v) is 14.3. The molecule has 0 N–H and O–H groups in total. The zero-order chi connectivity index (χ0) is 25.1. The van der Waals surface area contributed by atoms with Crippen LogP contribution in [0.3, 0.4) is 0 Å². The highest BCUT2D eigenvalue weighted by molar-refractivity contribution is 5.59. The fourth-order valence-corrected chi connectivity index (χ4v) is 6.30. The van der Waals surface area contributed by atoms with E-state index in [4.69, 9.17) is 15.0 Å². The number of pyridine rings is 3. The van der Waals surface area contributed by atoms with Crippen LogP contribution in [0.2, 0.25) is 0 Å². The van der Waals surface area contributed by atoms with Gasteiger partial charge in [0.1, 0.15) is 0 Å². The fraction of sp³-hybridized carbons (Fsp3) is 0.545. The largest absolute Gasteiger partial charge is 0.258 e. The van der Waals surface area contributed by atoms with Crippen molar-refractivity contribution in [1.29, 1.82) is 0 Å². The van der Waals surface area contributed by atoms with Crippen molar-refractivity contribution in [2.45, 2.75) is 85.5 Å². The van der Waals surface area contributed by atoms with E-state index in [1.807, 2.05) is 12.4 Å². The minimum Gasteiger partial charge on any atom is -0.258 e. The monoisotopic (exact) mass is 481 g/mol. The Bertz CT molecular complexity index is 1160. The zero-order valence-corrected chi connectivity index (χ0v) is 22.7. The molecule has 4 bridgehead atoms. The molecule has 0 amide bonds. The van der Waals surface area contributed by atoms with Gasteiger partial charge in [0.2, 0.25) is 0 Å². The van der Waals surface area contributed by atoms with Crippen molar-refractivity contribution in [1.82, 2.24) is 15.0 Å². The van der Waals surface area contributed by atoms with Crippen LogP contribution < -0.4 is 0 Å². The van der Waals surface area contributed by atoms with Crippen LogP contribution in [0, 0.1) is 29.6 Å². The summed E-state index contributed by atoms with van der Waals surface area (Å²) in [5.74, 6) is 3.95. The van der Waals surface area contributed by atoms with E-state index in [0.29, 0.717) is 11.8 Å². The van der Waals surface area contributed by atoms with Crippen LogP contribution in [0.5, 0.6) is 0 Å². The highest BCUT2D eigenvalue weighted by Gasteiger charge is 2.41. The molecule has 2 aliphatic rings. The van der Waals surface area contributed by atoms with Gasteiger partial charge >= 0.3 is 0 Å². The molecule has 190 valence electrons. The van der Waals surface area contributed by atoms with E-state index in [1.165, 1.54) is 53.8 Å². The molecule has 4 heterocycles. The van der Waals surface area contributed by atoms with E-state index in [-0.39, 0.29) is 0 Å². The lowest BCUT2D eigenvalue weighted by Crippen LogP contribution is -2.09. The van der Waals surface area contributed by atoms with E-state index >= 15 is 0 Å². The van der Waals surface area contributed by atoms with Gasteiger partial charge in [-0.2, -0.15) is 0 Å². The highest BCUT2D eigenvalue weighted by Crippen LogP contribution is 2.48. The first-order valence-electron chi connectivity index (χ1n) is 14.3. The predicted octanol–water partition coefficient (Wildman–Crippen LogP) is 7.70. The zero-order valence-electron chi connectivity index (χ0n) is 22.7. The van der Waals surface area contributed by atoms with Crippen LogP contribution in [0.1, 0.15) is 81.5 Å². The summed E-state index contributed by atoms with van der Waals surface area (Å²) in [5.41, 5.74) is 8.87. The van der Waals surface area contributed by atoms with Crippen LogP contribution >= 0.6 is 0 Å². The molecule has 3 nitrogen and oxygen atoms in total. The van der Waals surface area contributed by atoms with Crippen molar-refractivity contribution in [2.24, 2.45) is 29.6 Å². The third kappa shape index (κ3) is 6.22. The van der Waals surface area contributed by atoms with Crippen molar-refractivity contribution in [3.05, 3.63) is 76.9 Å². The second kappa shape index (κ2) is 11.2. The van der Waals surface area contributed by atoms with Crippen LogP contribution in [0.25, 0.3) is 11.4 Å². The third-order valence-electron chi connectivity index (χ3n) is 8.94. The summed E-state index contributed by atoms with van der Waals surface area (Å²) < 4.78 is 0. The number of aryl methyl sites for hydroxylation is 3. The summed E-state index contributed by atoms with van der Waals surface area (Å²) in [5, 5.41) is 0. The number of aromatic nitrogens is 3. The number of hydrogen-bond donors (Lipinski definition) is 0. The minimum absolute atomic E-state index is 0.596. The van der Waals surface area contributed by atoms with Gasteiger partial charge in [-0.05, 0) is 128 Å². The fourth-order valence-electron chi connectivity index (χ4n) is 6.30. The Balaban J connectivity index is 1.38. The van der Waals surface area contributed by atoms with E-state index in [2.05, 4.69) is 64.1 Å². The average molecular weight is 482 g/mol. The number of fused-ring (bicyclic) bond motifs is 6. The molecule has 0 radical (unpaired) electrons.